The van der Waals surface area contributed by atoms with Gasteiger partial charge in [0.25, 0.3) is 0 Å². The van der Waals surface area contributed by atoms with Crippen molar-refractivity contribution in [2.45, 2.75) is 0 Å². The Balaban J connectivity index is 1.61. The molecule has 3 aromatic carbocycles. The monoisotopic (exact) mass is 367 g/mol. The van der Waals surface area contributed by atoms with E-state index in [9.17, 15) is 9.18 Å². The predicted octanol–water partition coefficient (Wildman–Crippen LogP) is 5.51. The standard InChI is InChI=1S/C20H11ClFNO3/c21-14-5-1-13(2-6-14)20(24)25-16-9-10-17-18(11-16)26-23-19(17)12-3-7-15(22)8-4-12/h1-11H. The van der Waals surface area contributed by atoms with Crippen LogP contribution in [0.15, 0.2) is 71.3 Å². The van der Waals surface area contributed by atoms with Gasteiger partial charge in [0, 0.05) is 22.0 Å². The van der Waals surface area contributed by atoms with Gasteiger partial charge in [0.15, 0.2) is 5.58 Å². The van der Waals surface area contributed by atoms with Crippen molar-refractivity contribution >= 4 is 28.5 Å². The molecule has 0 atom stereocenters. The smallest absolute Gasteiger partial charge is 0.343 e. The molecular weight excluding hydrogens is 357 g/mol. The van der Waals surface area contributed by atoms with Crippen LogP contribution in [0.25, 0.3) is 22.2 Å². The zero-order valence-electron chi connectivity index (χ0n) is 13.3. The minimum absolute atomic E-state index is 0.321. The third-order valence-corrected chi connectivity index (χ3v) is 4.10. The molecule has 0 bridgehead atoms. The summed E-state index contributed by atoms with van der Waals surface area (Å²) in [5.74, 6) is -0.489. The summed E-state index contributed by atoms with van der Waals surface area (Å²) in [5.41, 5.74) is 2.18. The fraction of sp³-hybridized carbons (Fsp3) is 0. The lowest BCUT2D eigenvalue weighted by Gasteiger charge is -2.04. The van der Waals surface area contributed by atoms with E-state index in [2.05, 4.69) is 5.16 Å². The highest BCUT2D eigenvalue weighted by molar-refractivity contribution is 6.30. The molecule has 0 fully saturated rings. The Morgan fingerprint density at radius 2 is 1.73 bits per heavy atom. The van der Waals surface area contributed by atoms with Gasteiger partial charge in [0.2, 0.25) is 0 Å². The van der Waals surface area contributed by atoms with Gasteiger partial charge in [-0.2, -0.15) is 0 Å². The van der Waals surface area contributed by atoms with Crippen LogP contribution in [-0.2, 0) is 0 Å². The molecule has 4 rings (SSSR count). The number of esters is 1. The average Bonchev–Trinajstić information content (AvgIpc) is 3.06. The molecule has 128 valence electrons. The van der Waals surface area contributed by atoms with Gasteiger partial charge < -0.3 is 9.26 Å². The first kappa shape index (κ1) is 16.3. The second kappa shape index (κ2) is 6.61. The van der Waals surface area contributed by atoms with Crippen molar-refractivity contribution in [1.29, 1.82) is 0 Å². The van der Waals surface area contributed by atoms with E-state index < -0.39 is 5.97 Å². The Morgan fingerprint density at radius 3 is 2.46 bits per heavy atom. The summed E-state index contributed by atoms with van der Waals surface area (Å²) < 4.78 is 23.8. The summed E-state index contributed by atoms with van der Waals surface area (Å²) in [6.07, 6.45) is 0. The van der Waals surface area contributed by atoms with Gasteiger partial charge >= 0.3 is 5.97 Å². The normalized spacial score (nSPS) is 10.8. The lowest BCUT2D eigenvalue weighted by atomic mass is 10.1. The quantitative estimate of drug-likeness (QED) is 0.354. The number of halogens is 2. The number of hydrogen-bond donors (Lipinski definition) is 0. The minimum Gasteiger partial charge on any atom is -0.423 e. The van der Waals surface area contributed by atoms with E-state index in [-0.39, 0.29) is 5.82 Å². The van der Waals surface area contributed by atoms with Gasteiger partial charge in [-0.05, 0) is 60.7 Å². The van der Waals surface area contributed by atoms with Crippen molar-refractivity contribution in [3.05, 3.63) is 83.1 Å². The second-order valence-corrected chi connectivity index (χ2v) is 6.03. The first-order valence-corrected chi connectivity index (χ1v) is 8.11. The third kappa shape index (κ3) is 3.17. The first-order valence-electron chi connectivity index (χ1n) is 7.73. The Bertz CT molecular complexity index is 1090. The number of aromatic nitrogens is 1. The van der Waals surface area contributed by atoms with E-state index in [0.29, 0.717) is 27.6 Å². The van der Waals surface area contributed by atoms with Crippen LogP contribution in [0.1, 0.15) is 10.4 Å². The number of fused-ring (bicyclic) bond motifs is 1. The Morgan fingerprint density at radius 1 is 1.00 bits per heavy atom. The Hall–Kier alpha value is -3.18. The van der Waals surface area contributed by atoms with E-state index in [1.807, 2.05) is 0 Å². The van der Waals surface area contributed by atoms with E-state index in [1.54, 1.807) is 54.6 Å². The van der Waals surface area contributed by atoms with Crippen LogP contribution in [0.5, 0.6) is 5.75 Å². The predicted molar refractivity (Wildman–Crippen MR) is 95.8 cm³/mol. The zero-order valence-corrected chi connectivity index (χ0v) is 14.0. The maximum atomic E-state index is 13.1. The summed E-state index contributed by atoms with van der Waals surface area (Å²) >= 11 is 5.81. The molecule has 6 heteroatoms. The molecule has 0 saturated heterocycles. The molecule has 0 spiro atoms. The molecule has 4 nitrogen and oxygen atoms in total. The SMILES string of the molecule is O=C(Oc1ccc2c(-c3ccc(F)cc3)noc2c1)c1ccc(Cl)cc1. The summed E-state index contributed by atoms with van der Waals surface area (Å²) in [6, 6.07) is 17.4. The molecule has 0 N–H and O–H groups in total. The number of rotatable bonds is 3. The van der Waals surface area contributed by atoms with Crippen molar-refractivity contribution in [2.75, 3.05) is 0 Å². The molecule has 0 radical (unpaired) electrons. The lowest BCUT2D eigenvalue weighted by Crippen LogP contribution is -2.08. The van der Waals surface area contributed by atoms with E-state index in [0.717, 1.165) is 10.9 Å². The molecule has 1 heterocycles. The Labute approximate surface area is 152 Å². The summed E-state index contributed by atoms with van der Waals surface area (Å²) in [7, 11) is 0. The highest BCUT2D eigenvalue weighted by Crippen LogP contribution is 2.30. The van der Waals surface area contributed by atoms with Crippen molar-refractivity contribution in [1.82, 2.24) is 5.16 Å². The van der Waals surface area contributed by atoms with E-state index >= 15 is 0 Å². The molecule has 0 aliphatic rings. The maximum Gasteiger partial charge on any atom is 0.343 e. The molecule has 26 heavy (non-hydrogen) atoms. The van der Waals surface area contributed by atoms with Crippen LogP contribution in [0, 0.1) is 5.82 Å². The molecule has 0 unspecified atom stereocenters. The fourth-order valence-electron chi connectivity index (χ4n) is 2.55. The summed E-state index contributed by atoms with van der Waals surface area (Å²) in [4.78, 5) is 12.2. The van der Waals surface area contributed by atoms with Gasteiger partial charge in [0.1, 0.15) is 17.3 Å². The van der Waals surface area contributed by atoms with Gasteiger partial charge in [-0.25, -0.2) is 9.18 Å². The number of benzene rings is 3. The molecule has 1 aromatic heterocycles. The summed E-state index contributed by atoms with van der Waals surface area (Å²) in [6.45, 7) is 0. The van der Waals surface area contributed by atoms with Crippen molar-refractivity contribution in [2.24, 2.45) is 0 Å². The van der Waals surface area contributed by atoms with Gasteiger partial charge in [-0.1, -0.05) is 16.8 Å². The number of carbonyl (C=O) groups excluding carboxylic acids is 1. The largest absolute Gasteiger partial charge is 0.423 e. The van der Waals surface area contributed by atoms with Crippen molar-refractivity contribution in [3.8, 4) is 17.0 Å². The highest BCUT2D eigenvalue weighted by Gasteiger charge is 2.14. The van der Waals surface area contributed by atoms with Crippen LogP contribution in [0.3, 0.4) is 0 Å². The van der Waals surface area contributed by atoms with Gasteiger partial charge in [-0.15, -0.1) is 0 Å². The topological polar surface area (TPSA) is 52.3 Å². The van der Waals surface area contributed by atoms with Crippen LogP contribution in [0.4, 0.5) is 4.39 Å². The maximum absolute atomic E-state index is 13.1. The zero-order chi connectivity index (χ0) is 18.1. The molecule has 4 aromatic rings. The van der Waals surface area contributed by atoms with Crippen molar-refractivity contribution in [3.63, 3.8) is 0 Å². The van der Waals surface area contributed by atoms with Crippen LogP contribution >= 0.6 is 11.6 Å². The first-order chi connectivity index (χ1) is 12.6. The van der Waals surface area contributed by atoms with Gasteiger partial charge in [0.05, 0.1) is 5.56 Å². The molecule has 0 aliphatic carbocycles. The number of nitrogens with zero attached hydrogens (tertiary/aromatic N) is 1. The molecule has 0 aliphatic heterocycles. The van der Waals surface area contributed by atoms with Crippen LogP contribution in [0.2, 0.25) is 5.02 Å². The van der Waals surface area contributed by atoms with Crippen LogP contribution in [-0.4, -0.2) is 11.1 Å². The highest BCUT2D eigenvalue weighted by atomic mass is 35.5. The number of ether oxygens (including phenoxy) is 1. The second-order valence-electron chi connectivity index (χ2n) is 5.59. The van der Waals surface area contributed by atoms with E-state index in [1.165, 1.54) is 12.1 Å². The number of hydrogen-bond acceptors (Lipinski definition) is 4. The van der Waals surface area contributed by atoms with Crippen molar-refractivity contribution < 1.29 is 18.4 Å². The minimum atomic E-state index is -0.501. The Kier molecular flexibility index (Phi) is 4.14. The third-order valence-electron chi connectivity index (χ3n) is 3.85. The van der Waals surface area contributed by atoms with Crippen LogP contribution < -0.4 is 4.74 Å². The average molecular weight is 368 g/mol. The van der Waals surface area contributed by atoms with Gasteiger partial charge in [-0.3, -0.25) is 0 Å². The molecular formula is C20H11ClFNO3. The number of carbonyl (C=O) groups is 1. The summed E-state index contributed by atoms with van der Waals surface area (Å²) in [5, 5.41) is 5.31. The molecule has 0 saturated carbocycles. The van der Waals surface area contributed by atoms with E-state index in [4.69, 9.17) is 20.9 Å². The molecule has 0 amide bonds. The fourth-order valence-corrected chi connectivity index (χ4v) is 2.68. The lowest BCUT2D eigenvalue weighted by molar-refractivity contribution is 0.0735.